The minimum atomic E-state index is -0.306. The molecule has 0 heterocycles. The molecule has 2 aromatic carbocycles. The van der Waals surface area contributed by atoms with E-state index in [2.05, 4.69) is 19.9 Å². The number of hydrogen-bond donors (Lipinski definition) is 0. The Bertz CT molecular complexity index is 608. The second-order valence-corrected chi connectivity index (χ2v) is 5.48. The Morgan fingerprint density at radius 3 is 2.32 bits per heavy atom. The molecule has 2 rings (SSSR count). The molecule has 0 atom stereocenters. The van der Waals surface area contributed by atoms with Gasteiger partial charge in [-0.05, 0) is 30.0 Å². The molecule has 0 aliphatic carbocycles. The predicted octanol–water partition coefficient (Wildman–Crippen LogP) is 4.97. The zero-order valence-electron chi connectivity index (χ0n) is 13.5. The van der Waals surface area contributed by atoms with E-state index in [9.17, 15) is 4.79 Å². The third-order valence-corrected chi connectivity index (χ3v) is 3.52. The van der Waals surface area contributed by atoms with E-state index in [0.717, 1.165) is 16.8 Å². The maximum Gasteiger partial charge on any atom is 0.414 e. The molecule has 0 N–H and O–H groups in total. The number of ether oxygens (including phenoxy) is 1. The lowest BCUT2D eigenvalue weighted by atomic mass is 10.0. The van der Waals surface area contributed by atoms with Crippen molar-refractivity contribution in [3.63, 3.8) is 0 Å². The molecule has 0 saturated carbocycles. The van der Waals surface area contributed by atoms with Gasteiger partial charge in [0.1, 0.15) is 0 Å². The number of para-hydroxylation sites is 1. The molecule has 0 aromatic heterocycles. The number of rotatable bonds is 5. The molecule has 116 valence electrons. The maximum atomic E-state index is 12.4. The molecule has 3 nitrogen and oxygen atoms in total. The smallest absolute Gasteiger partial charge is 0.414 e. The van der Waals surface area contributed by atoms with Crippen LogP contribution >= 0.6 is 0 Å². The molecule has 22 heavy (non-hydrogen) atoms. The Hall–Kier alpha value is -2.29. The van der Waals surface area contributed by atoms with Gasteiger partial charge in [0, 0.05) is 0 Å². The van der Waals surface area contributed by atoms with Crippen LogP contribution < -0.4 is 4.90 Å². The topological polar surface area (TPSA) is 29.5 Å². The summed E-state index contributed by atoms with van der Waals surface area (Å²) >= 11 is 0. The van der Waals surface area contributed by atoms with Crippen LogP contribution in [0.15, 0.2) is 54.6 Å². The first-order valence-corrected chi connectivity index (χ1v) is 7.70. The minimum absolute atomic E-state index is 0.306. The Labute approximate surface area is 132 Å². The van der Waals surface area contributed by atoms with Crippen molar-refractivity contribution in [2.75, 3.05) is 11.5 Å². The first-order chi connectivity index (χ1) is 10.6. The Kier molecular flexibility index (Phi) is 5.59. The van der Waals surface area contributed by atoms with Crippen molar-refractivity contribution in [2.45, 2.75) is 33.2 Å². The molecule has 0 unspecified atom stereocenters. The Morgan fingerprint density at radius 2 is 1.68 bits per heavy atom. The molecule has 0 bridgehead atoms. The van der Waals surface area contributed by atoms with Crippen LogP contribution in [0.25, 0.3) is 0 Å². The van der Waals surface area contributed by atoms with Gasteiger partial charge in [-0.3, -0.25) is 4.90 Å². The Morgan fingerprint density at radius 1 is 1.05 bits per heavy atom. The van der Waals surface area contributed by atoms with Crippen LogP contribution in [-0.4, -0.2) is 12.7 Å². The summed E-state index contributed by atoms with van der Waals surface area (Å²) in [5.74, 6) is 0.337. The summed E-state index contributed by atoms with van der Waals surface area (Å²) < 4.78 is 5.25. The largest absolute Gasteiger partial charge is 0.449 e. The summed E-state index contributed by atoms with van der Waals surface area (Å²) in [6.07, 6.45) is -0.306. The molecular formula is C19H23NO2. The highest BCUT2D eigenvalue weighted by Gasteiger charge is 2.21. The first kappa shape index (κ1) is 16.1. The van der Waals surface area contributed by atoms with Gasteiger partial charge in [0.2, 0.25) is 0 Å². The molecule has 0 aliphatic heterocycles. The highest BCUT2D eigenvalue weighted by atomic mass is 16.6. The third-order valence-electron chi connectivity index (χ3n) is 3.52. The van der Waals surface area contributed by atoms with E-state index >= 15 is 0 Å². The number of carbonyl (C=O) groups excluding carboxylic acids is 1. The van der Waals surface area contributed by atoms with Crippen LogP contribution in [-0.2, 0) is 11.3 Å². The van der Waals surface area contributed by atoms with Gasteiger partial charge >= 0.3 is 6.09 Å². The molecule has 2 aromatic rings. The summed E-state index contributed by atoms with van der Waals surface area (Å²) in [6.45, 7) is 6.96. The predicted molar refractivity (Wildman–Crippen MR) is 90.2 cm³/mol. The number of nitrogens with zero attached hydrogens (tertiary/aromatic N) is 1. The molecule has 1 amide bonds. The van der Waals surface area contributed by atoms with Gasteiger partial charge in [-0.25, -0.2) is 4.79 Å². The van der Waals surface area contributed by atoms with E-state index in [1.807, 2.05) is 55.5 Å². The van der Waals surface area contributed by atoms with Gasteiger partial charge in [-0.15, -0.1) is 0 Å². The van der Waals surface area contributed by atoms with Gasteiger partial charge in [0.25, 0.3) is 0 Å². The molecule has 0 radical (unpaired) electrons. The van der Waals surface area contributed by atoms with Crippen LogP contribution in [0.2, 0.25) is 0 Å². The van der Waals surface area contributed by atoms with Crippen molar-refractivity contribution in [3.05, 3.63) is 65.7 Å². The van der Waals surface area contributed by atoms with Crippen molar-refractivity contribution < 1.29 is 9.53 Å². The lowest BCUT2D eigenvalue weighted by Crippen LogP contribution is -2.32. The fourth-order valence-electron chi connectivity index (χ4n) is 2.44. The highest BCUT2D eigenvalue weighted by Crippen LogP contribution is 2.29. The molecule has 0 fully saturated rings. The quantitative estimate of drug-likeness (QED) is 0.779. The van der Waals surface area contributed by atoms with Crippen LogP contribution in [0.1, 0.15) is 37.8 Å². The van der Waals surface area contributed by atoms with Crippen molar-refractivity contribution in [1.82, 2.24) is 0 Å². The molecule has 0 aliphatic rings. The molecular weight excluding hydrogens is 274 g/mol. The third kappa shape index (κ3) is 3.88. The lowest BCUT2D eigenvalue weighted by Gasteiger charge is -2.25. The van der Waals surface area contributed by atoms with Crippen LogP contribution in [0, 0.1) is 0 Å². The van der Waals surface area contributed by atoms with Crippen LogP contribution in [0.4, 0.5) is 10.5 Å². The second kappa shape index (κ2) is 7.64. The average molecular weight is 297 g/mol. The number of benzene rings is 2. The van der Waals surface area contributed by atoms with E-state index in [4.69, 9.17) is 4.74 Å². The molecule has 3 heteroatoms. The average Bonchev–Trinajstić information content (AvgIpc) is 2.53. The summed E-state index contributed by atoms with van der Waals surface area (Å²) in [5.41, 5.74) is 3.14. The van der Waals surface area contributed by atoms with Crippen molar-refractivity contribution >= 4 is 11.8 Å². The van der Waals surface area contributed by atoms with E-state index in [1.54, 1.807) is 4.90 Å². The summed E-state index contributed by atoms with van der Waals surface area (Å²) in [7, 11) is 0. The zero-order valence-corrected chi connectivity index (χ0v) is 13.5. The van der Waals surface area contributed by atoms with Crippen molar-refractivity contribution in [1.29, 1.82) is 0 Å². The number of amides is 1. The normalized spacial score (nSPS) is 10.5. The Balaban J connectivity index is 2.38. The summed E-state index contributed by atoms with van der Waals surface area (Å²) in [6, 6.07) is 18.0. The summed E-state index contributed by atoms with van der Waals surface area (Å²) in [5, 5.41) is 0. The fourth-order valence-corrected chi connectivity index (χ4v) is 2.44. The van der Waals surface area contributed by atoms with Gasteiger partial charge in [0.15, 0.2) is 0 Å². The van der Waals surface area contributed by atoms with E-state index in [0.29, 0.717) is 19.1 Å². The highest BCUT2D eigenvalue weighted by molar-refractivity contribution is 5.88. The van der Waals surface area contributed by atoms with Gasteiger partial charge < -0.3 is 4.74 Å². The van der Waals surface area contributed by atoms with E-state index in [1.165, 1.54) is 0 Å². The molecule has 0 spiro atoms. The van der Waals surface area contributed by atoms with Crippen LogP contribution in [0.3, 0.4) is 0 Å². The lowest BCUT2D eigenvalue weighted by molar-refractivity contribution is 0.159. The van der Waals surface area contributed by atoms with Gasteiger partial charge in [-0.2, -0.15) is 0 Å². The fraction of sp³-hybridized carbons (Fsp3) is 0.316. The minimum Gasteiger partial charge on any atom is -0.449 e. The zero-order chi connectivity index (χ0) is 15.9. The monoisotopic (exact) mass is 297 g/mol. The van der Waals surface area contributed by atoms with Gasteiger partial charge in [0.05, 0.1) is 18.8 Å². The van der Waals surface area contributed by atoms with Crippen LogP contribution in [0.5, 0.6) is 0 Å². The molecule has 0 saturated heterocycles. The summed E-state index contributed by atoms with van der Waals surface area (Å²) in [4.78, 5) is 14.1. The number of anilines is 1. The van der Waals surface area contributed by atoms with Gasteiger partial charge in [-0.1, -0.05) is 62.4 Å². The number of hydrogen-bond acceptors (Lipinski definition) is 2. The van der Waals surface area contributed by atoms with E-state index < -0.39 is 0 Å². The van der Waals surface area contributed by atoms with E-state index in [-0.39, 0.29) is 6.09 Å². The second-order valence-electron chi connectivity index (χ2n) is 5.48. The van der Waals surface area contributed by atoms with Crippen molar-refractivity contribution in [3.8, 4) is 0 Å². The first-order valence-electron chi connectivity index (χ1n) is 7.70. The standard InChI is InChI=1S/C19H23NO2/c1-4-22-19(21)20(14-16-10-6-5-7-11-16)18-13-9-8-12-17(18)15(2)3/h5-13,15H,4,14H2,1-3H3. The number of carbonyl (C=O) groups is 1. The maximum absolute atomic E-state index is 12.4. The SMILES string of the molecule is CCOC(=O)N(Cc1ccccc1)c1ccccc1C(C)C. The van der Waals surface area contributed by atoms with Crippen molar-refractivity contribution in [2.24, 2.45) is 0 Å².